The quantitative estimate of drug-likeness (QED) is 0.387. The Bertz CT molecular complexity index is 544. The average Bonchev–Trinajstić information content (AvgIpc) is 2.96. The van der Waals surface area contributed by atoms with Gasteiger partial charge in [-0.2, -0.15) is 0 Å². The molecular weight excluding hydrogens is 364 g/mol. The van der Waals surface area contributed by atoms with E-state index in [9.17, 15) is 9.59 Å². The molecule has 1 aliphatic carbocycles. The van der Waals surface area contributed by atoms with Gasteiger partial charge in [0.1, 0.15) is 12.2 Å². The van der Waals surface area contributed by atoms with Crippen LogP contribution in [0.2, 0.25) is 0 Å². The van der Waals surface area contributed by atoms with Crippen molar-refractivity contribution in [2.45, 2.75) is 47.6 Å². The van der Waals surface area contributed by atoms with E-state index in [2.05, 4.69) is 15.9 Å². The normalized spacial score (nSPS) is 43.8. The summed E-state index contributed by atoms with van der Waals surface area (Å²) in [6.07, 6.45) is -1.78. The number of carbonyl (C=O) groups is 2. The second-order valence-electron chi connectivity index (χ2n) is 5.83. The first-order valence-electron chi connectivity index (χ1n) is 6.63. The van der Waals surface area contributed by atoms with Gasteiger partial charge in [-0.3, -0.25) is 4.79 Å². The van der Waals surface area contributed by atoms with Crippen LogP contribution in [0.15, 0.2) is 0 Å². The highest BCUT2D eigenvalue weighted by molar-refractivity contribution is 9.10. The van der Waals surface area contributed by atoms with Gasteiger partial charge >= 0.3 is 11.9 Å². The Morgan fingerprint density at radius 1 is 1.14 bits per heavy atom. The molecule has 2 heterocycles. The summed E-state index contributed by atoms with van der Waals surface area (Å²) in [6.45, 7) is 3.36. The number of esters is 2. The molecule has 1 saturated carbocycles. The van der Waals surface area contributed by atoms with E-state index in [0.717, 1.165) is 0 Å². The van der Waals surface area contributed by atoms with E-state index < -0.39 is 45.6 Å². The van der Waals surface area contributed by atoms with E-state index in [0.29, 0.717) is 0 Å². The molecule has 2 bridgehead atoms. The number of carbonyl (C=O) groups excluding carboxylic acids is 2. The van der Waals surface area contributed by atoms with Crippen molar-refractivity contribution in [1.82, 2.24) is 0 Å². The molecule has 0 aromatic heterocycles. The minimum atomic E-state index is -1.93. The molecule has 0 amide bonds. The highest BCUT2D eigenvalue weighted by Crippen LogP contribution is 2.66. The average molecular weight is 381 g/mol. The summed E-state index contributed by atoms with van der Waals surface area (Å²) >= 11 is 3.35. The van der Waals surface area contributed by atoms with E-state index >= 15 is 0 Å². The highest BCUT2D eigenvalue weighted by atomic mass is 79.9. The third-order valence-corrected chi connectivity index (χ3v) is 5.77. The van der Waals surface area contributed by atoms with Crippen LogP contribution in [0.3, 0.4) is 0 Å². The summed E-state index contributed by atoms with van der Waals surface area (Å²) in [5.41, 5.74) is -1.93. The zero-order valence-corrected chi connectivity index (χ0v) is 14.4. The molecule has 2 aliphatic heterocycles. The third kappa shape index (κ3) is 1.38. The monoisotopic (exact) mass is 380 g/mol. The second-order valence-corrected chi connectivity index (χ2v) is 7.08. The first-order chi connectivity index (χ1) is 10.2. The lowest BCUT2D eigenvalue weighted by molar-refractivity contribution is -0.294. The number of halogens is 1. The van der Waals surface area contributed by atoms with Crippen LogP contribution in [0.4, 0.5) is 0 Å². The number of hydrogen-bond acceptors (Lipinski definition) is 8. The van der Waals surface area contributed by atoms with Crippen LogP contribution in [0.1, 0.15) is 13.8 Å². The second kappa shape index (κ2) is 4.41. The summed E-state index contributed by atoms with van der Waals surface area (Å²) in [5, 5.41) is 0. The fourth-order valence-corrected chi connectivity index (χ4v) is 4.75. The largest absolute Gasteiger partial charge is 0.466 e. The van der Waals surface area contributed by atoms with Crippen molar-refractivity contribution in [2.24, 2.45) is 0 Å². The van der Waals surface area contributed by atoms with Crippen molar-refractivity contribution >= 4 is 27.9 Å². The summed E-state index contributed by atoms with van der Waals surface area (Å²) in [7, 11) is 3.81. The Labute approximate surface area is 135 Å². The number of rotatable bonds is 3. The molecule has 4 atom stereocenters. The molecule has 22 heavy (non-hydrogen) atoms. The molecular formula is C13H17BrO8. The van der Waals surface area contributed by atoms with Crippen LogP contribution in [-0.2, 0) is 38.0 Å². The van der Waals surface area contributed by atoms with E-state index in [1.807, 2.05) is 0 Å². The fourth-order valence-electron chi connectivity index (χ4n) is 3.72. The van der Waals surface area contributed by atoms with Gasteiger partial charge in [0.25, 0.3) is 11.4 Å². The minimum absolute atomic E-state index is 0.732. The third-order valence-electron chi connectivity index (χ3n) is 4.47. The predicted molar refractivity (Wildman–Crippen MR) is 73.1 cm³/mol. The SMILES string of the molecule is COC(=O)[C@@]12OC(=O)[C@@](Br)([C@H]3OC(C)(C)O[C@H]31)C2(OC)OC. The minimum Gasteiger partial charge on any atom is -0.466 e. The van der Waals surface area contributed by atoms with Crippen LogP contribution >= 0.6 is 15.9 Å². The number of hydrogen-bond donors (Lipinski definition) is 0. The van der Waals surface area contributed by atoms with Crippen molar-refractivity contribution in [3.8, 4) is 0 Å². The standard InChI is InChI=1S/C13H17BrO8/c1-10(2)20-6-7(21-10)12(9(16)17-3)13(18-4,19-5)11(6,14)8(15)22-12/h6-7H,1-5H3/t6-,7+,11-,12-/m0/s1. The topological polar surface area (TPSA) is 89.5 Å². The van der Waals surface area contributed by atoms with Gasteiger partial charge in [0.05, 0.1) is 7.11 Å². The van der Waals surface area contributed by atoms with E-state index in [-0.39, 0.29) is 0 Å². The summed E-state index contributed by atoms with van der Waals surface area (Å²) in [4.78, 5) is 25.1. The Morgan fingerprint density at radius 2 is 1.68 bits per heavy atom. The lowest BCUT2D eigenvalue weighted by atomic mass is 9.93. The van der Waals surface area contributed by atoms with Gasteiger partial charge < -0.3 is 28.4 Å². The maximum atomic E-state index is 12.6. The van der Waals surface area contributed by atoms with Gasteiger partial charge in [0, 0.05) is 14.2 Å². The molecule has 124 valence electrons. The molecule has 8 nitrogen and oxygen atoms in total. The van der Waals surface area contributed by atoms with Crippen molar-refractivity contribution in [2.75, 3.05) is 21.3 Å². The molecule has 3 fully saturated rings. The van der Waals surface area contributed by atoms with Crippen LogP contribution in [-0.4, -0.2) is 67.0 Å². The number of methoxy groups -OCH3 is 3. The Morgan fingerprint density at radius 3 is 2.18 bits per heavy atom. The van der Waals surface area contributed by atoms with Crippen LogP contribution in [0.25, 0.3) is 0 Å². The lowest BCUT2D eigenvalue weighted by Crippen LogP contribution is -2.65. The van der Waals surface area contributed by atoms with Gasteiger partial charge in [0.2, 0.25) is 4.32 Å². The first-order valence-corrected chi connectivity index (χ1v) is 7.43. The number of ether oxygens (including phenoxy) is 6. The molecule has 0 radical (unpaired) electrons. The van der Waals surface area contributed by atoms with Gasteiger partial charge in [-0.15, -0.1) is 0 Å². The molecule has 0 aromatic carbocycles. The van der Waals surface area contributed by atoms with Crippen LogP contribution in [0, 0.1) is 0 Å². The smallest absolute Gasteiger partial charge is 0.359 e. The molecule has 0 aromatic rings. The first kappa shape index (κ1) is 16.1. The van der Waals surface area contributed by atoms with Gasteiger partial charge in [-0.05, 0) is 13.8 Å². The van der Waals surface area contributed by atoms with E-state index in [1.54, 1.807) is 13.8 Å². The zero-order chi connectivity index (χ0) is 16.6. The Balaban J connectivity index is 2.27. The summed E-state index contributed by atoms with van der Waals surface area (Å²) in [5.74, 6) is -4.35. The molecule has 2 saturated heterocycles. The Hall–Kier alpha value is -0.740. The van der Waals surface area contributed by atoms with E-state index in [1.165, 1.54) is 21.3 Å². The van der Waals surface area contributed by atoms with E-state index in [4.69, 9.17) is 28.4 Å². The number of alkyl halides is 1. The summed E-state index contributed by atoms with van der Waals surface area (Å²) in [6, 6.07) is 0. The fraction of sp³-hybridized carbons (Fsp3) is 0.846. The number of fused-ring (bicyclic) bond motifs is 5. The summed E-state index contributed by atoms with van der Waals surface area (Å²) < 4.78 is 31.2. The molecule has 0 spiro atoms. The van der Waals surface area contributed by atoms with Crippen LogP contribution < -0.4 is 0 Å². The Kier molecular flexibility index (Phi) is 3.24. The zero-order valence-electron chi connectivity index (χ0n) is 12.8. The maximum absolute atomic E-state index is 12.6. The molecule has 0 N–H and O–H groups in total. The van der Waals surface area contributed by atoms with Crippen molar-refractivity contribution in [1.29, 1.82) is 0 Å². The molecule has 9 heteroatoms. The molecule has 3 rings (SSSR count). The van der Waals surface area contributed by atoms with Crippen molar-refractivity contribution in [3.63, 3.8) is 0 Å². The van der Waals surface area contributed by atoms with Crippen molar-refractivity contribution in [3.05, 3.63) is 0 Å². The van der Waals surface area contributed by atoms with Crippen LogP contribution in [0.5, 0.6) is 0 Å². The maximum Gasteiger partial charge on any atom is 0.359 e. The van der Waals surface area contributed by atoms with Gasteiger partial charge in [-0.1, -0.05) is 15.9 Å². The predicted octanol–water partition coefficient (Wildman–Crippen LogP) is 0.111. The highest BCUT2D eigenvalue weighted by Gasteiger charge is 2.94. The van der Waals surface area contributed by atoms with Gasteiger partial charge in [-0.25, -0.2) is 4.79 Å². The van der Waals surface area contributed by atoms with Gasteiger partial charge in [0.15, 0.2) is 5.79 Å². The van der Waals surface area contributed by atoms with Crippen molar-refractivity contribution < 1.29 is 38.0 Å². The molecule has 3 aliphatic rings. The molecule has 0 unspecified atom stereocenters. The lowest BCUT2D eigenvalue weighted by Gasteiger charge is -2.39.